The van der Waals surface area contributed by atoms with Gasteiger partial charge in [-0.3, -0.25) is 4.79 Å². The number of ketones is 1. The summed E-state index contributed by atoms with van der Waals surface area (Å²) in [5.41, 5.74) is 0.614. The van der Waals surface area contributed by atoms with Crippen molar-refractivity contribution in [3.8, 4) is 0 Å². The maximum absolute atomic E-state index is 11.5. The second-order valence-corrected chi connectivity index (χ2v) is 3.83. The van der Waals surface area contributed by atoms with Gasteiger partial charge >= 0.3 is 0 Å². The molecule has 0 bridgehead atoms. The molecular weight excluding hydrogens is 164 g/mol. The van der Waals surface area contributed by atoms with Gasteiger partial charge in [-0.05, 0) is 12.3 Å². The largest absolute Gasteiger partial charge is 0.340 e. The van der Waals surface area contributed by atoms with Gasteiger partial charge in [0.05, 0.1) is 6.33 Å². The first-order chi connectivity index (χ1) is 6.25. The number of Topliss-reactive ketones (excluding diaryl/α,β-unsaturated/α-hetero) is 1. The maximum Gasteiger partial charge on any atom is 0.182 e. The molecule has 13 heavy (non-hydrogen) atoms. The van der Waals surface area contributed by atoms with Crippen LogP contribution in [0, 0.1) is 5.92 Å². The van der Waals surface area contributed by atoms with E-state index < -0.39 is 0 Å². The van der Waals surface area contributed by atoms with Crippen LogP contribution in [0.25, 0.3) is 0 Å². The fraction of sp³-hybridized carbons (Fsp3) is 0.600. The Bertz CT molecular complexity index is 312. The molecule has 0 radical (unpaired) electrons. The molecule has 0 aromatic carbocycles. The molecule has 0 aliphatic heterocycles. The second-order valence-electron chi connectivity index (χ2n) is 3.83. The molecule has 0 amide bonds. The Kier molecular flexibility index (Phi) is 2.17. The molecule has 1 aromatic rings. The summed E-state index contributed by atoms with van der Waals surface area (Å²) >= 11 is 0. The zero-order chi connectivity index (χ0) is 9.26. The summed E-state index contributed by atoms with van der Waals surface area (Å²) in [5, 5.41) is 0. The summed E-state index contributed by atoms with van der Waals surface area (Å²) in [5.74, 6) is 1.01. The number of aromatic nitrogens is 2. The lowest BCUT2D eigenvalue weighted by atomic mass is 10.1. The standard InChI is InChI=1S/C10H14N2O/c1-12-6-9(11-7-12)10(13)5-4-8-2-3-8/h6-8H,2-5H2,1H3. The van der Waals surface area contributed by atoms with E-state index in [1.54, 1.807) is 12.5 Å². The molecule has 3 nitrogen and oxygen atoms in total. The fourth-order valence-corrected chi connectivity index (χ4v) is 1.43. The fourth-order valence-electron chi connectivity index (χ4n) is 1.43. The van der Waals surface area contributed by atoms with Gasteiger partial charge in [-0.25, -0.2) is 4.98 Å². The van der Waals surface area contributed by atoms with Crippen molar-refractivity contribution in [3.05, 3.63) is 18.2 Å². The predicted molar refractivity (Wildman–Crippen MR) is 49.5 cm³/mol. The first-order valence-corrected chi connectivity index (χ1v) is 4.77. The van der Waals surface area contributed by atoms with E-state index in [1.165, 1.54) is 12.8 Å². The Morgan fingerprint density at radius 2 is 2.46 bits per heavy atom. The second kappa shape index (κ2) is 3.32. The van der Waals surface area contributed by atoms with E-state index in [1.807, 2.05) is 11.6 Å². The van der Waals surface area contributed by atoms with Crippen molar-refractivity contribution in [1.82, 2.24) is 9.55 Å². The van der Waals surface area contributed by atoms with Gasteiger partial charge in [0.25, 0.3) is 0 Å². The Hall–Kier alpha value is -1.12. The van der Waals surface area contributed by atoms with Crippen LogP contribution in [-0.2, 0) is 7.05 Å². The summed E-state index contributed by atoms with van der Waals surface area (Å²) in [7, 11) is 1.88. The molecule has 1 aliphatic carbocycles. The van der Waals surface area contributed by atoms with Crippen molar-refractivity contribution in [1.29, 1.82) is 0 Å². The number of rotatable bonds is 4. The quantitative estimate of drug-likeness (QED) is 0.659. The Labute approximate surface area is 77.8 Å². The van der Waals surface area contributed by atoms with Crippen molar-refractivity contribution < 1.29 is 4.79 Å². The average Bonchev–Trinajstić information content (AvgIpc) is 2.84. The van der Waals surface area contributed by atoms with Crippen molar-refractivity contribution in [2.75, 3.05) is 0 Å². The highest BCUT2D eigenvalue weighted by Crippen LogP contribution is 2.33. The van der Waals surface area contributed by atoms with Crippen LogP contribution in [0.3, 0.4) is 0 Å². The number of hydrogen-bond donors (Lipinski definition) is 0. The van der Waals surface area contributed by atoms with E-state index in [-0.39, 0.29) is 5.78 Å². The molecule has 1 aliphatic rings. The monoisotopic (exact) mass is 178 g/mol. The predicted octanol–water partition coefficient (Wildman–Crippen LogP) is 1.79. The minimum absolute atomic E-state index is 0.188. The first kappa shape index (κ1) is 8.48. The van der Waals surface area contributed by atoms with E-state index in [2.05, 4.69) is 4.98 Å². The minimum atomic E-state index is 0.188. The van der Waals surface area contributed by atoms with E-state index in [4.69, 9.17) is 0 Å². The number of aryl methyl sites for hydroxylation is 1. The molecule has 0 saturated heterocycles. The average molecular weight is 178 g/mol. The lowest BCUT2D eigenvalue weighted by Crippen LogP contribution is -1.99. The molecule has 0 unspecified atom stereocenters. The van der Waals surface area contributed by atoms with Crippen LogP contribution in [0.4, 0.5) is 0 Å². The highest BCUT2D eigenvalue weighted by Gasteiger charge is 2.22. The molecular formula is C10H14N2O. The van der Waals surface area contributed by atoms with Gasteiger partial charge in [-0.1, -0.05) is 12.8 Å². The SMILES string of the molecule is Cn1cnc(C(=O)CCC2CC2)c1. The zero-order valence-electron chi connectivity index (χ0n) is 7.86. The van der Waals surface area contributed by atoms with Crippen molar-refractivity contribution in [3.63, 3.8) is 0 Å². The number of imidazole rings is 1. The Morgan fingerprint density at radius 1 is 1.69 bits per heavy atom. The topological polar surface area (TPSA) is 34.9 Å². The number of nitrogens with zero attached hydrogens (tertiary/aromatic N) is 2. The molecule has 0 spiro atoms. The zero-order valence-corrected chi connectivity index (χ0v) is 7.86. The van der Waals surface area contributed by atoms with E-state index in [0.717, 1.165) is 12.3 Å². The summed E-state index contributed by atoms with van der Waals surface area (Å²) < 4.78 is 1.81. The van der Waals surface area contributed by atoms with Crippen LogP contribution >= 0.6 is 0 Å². The lowest BCUT2D eigenvalue weighted by Gasteiger charge is -1.94. The smallest absolute Gasteiger partial charge is 0.182 e. The van der Waals surface area contributed by atoms with Crippen LogP contribution in [0.5, 0.6) is 0 Å². The molecule has 0 atom stereocenters. The molecule has 1 fully saturated rings. The van der Waals surface area contributed by atoms with Crippen LogP contribution in [0.15, 0.2) is 12.5 Å². The Morgan fingerprint density at radius 3 is 3.00 bits per heavy atom. The third kappa shape index (κ3) is 2.17. The van der Waals surface area contributed by atoms with Crippen molar-refractivity contribution >= 4 is 5.78 Å². The van der Waals surface area contributed by atoms with E-state index in [9.17, 15) is 4.79 Å². The molecule has 3 heteroatoms. The van der Waals surface area contributed by atoms with E-state index in [0.29, 0.717) is 12.1 Å². The molecule has 70 valence electrons. The number of carbonyl (C=O) groups is 1. The van der Waals surface area contributed by atoms with Crippen LogP contribution in [-0.4, -0.2) is 15.3 Å². The summed E-state index contributed by atoms with van der Waals surface area (Å²) in [6.45, 7) is 0. The van der Waals surface area contributed by atoms with Gasteiger partial charge in [-0.2, -0.15) is 0 Å². The molecule has 1 aromatic heterocycles. The van der Waals surface area contributed by atoms with Crippen LogP contribution in [0.2, 0.25) is 0 Å². The minimum Gasteiger partial charge on any atom is -0.340 e. The summed E-state index contributed by atoms with van der Waals surface area (Å²) in [6, 6.07) is 0. The summed E-state index contributed by atoms with van der Waals surface area (Å²) in [6.07, 6.45) is 7.81. The maximum atomic E-state index is 11.5. The molecule has 2 rings (SSSR count). The molecule has 0 N–H and O–H groups in total. The highest BCUT2D eigenvalue weighted by molar-refractivity contribution is 5.93. The van der Waals surface area contributed by atoms with Gasteiger partial charge in [-0.15, -0.1) is 0 Å². The molecule has 1 heterocycles. The van der Waals surface area contributed by atoms with Gasteiger partial charge in [0, 0.05) is 19.7 Å². The first-order valence-electron chi connectivity index (χ1n) is 4.77. The normalized spacial score (nSPS) is 16.1. The van der Waals surface area contributed by atoms with Crippen molar-refractivity contribution in [2.24, 2.45) is 13.0 Å². The highest BCUT2D eigenvalue weighted by atomic mass is 16.1. The van der Waals surface area contributed by atoms with Gasteiger partial charge < -0.3 is 4.57 Å². The Balaban J connectivity index is 1.88. The van der Waals surface area contributed by atoms with Crippen LogP contribution < -0.4 is 0 Å². The van der Waals surface area contributed by atoms with Gasteiger partial charge in [0.2, 0.25) is 0 Å². The molecule has 1 saturated carbocycles. The summed E-state index contributed by atoms with van der Waals surface area (Å²) in [4.78, 5) is 15.5. The third-order valence-electron chi connectivity index (χ3n) is 2.47. The van der Waals surface area contributed by atoms with Crippen LogP contribution in [0.1, 0.15) is 36.2 Å². The third-order valence-corrected chi connectivity index (χ3v) is 2.47. The lowest BCUT2D eigenvalue weighted by molar-refractivity contribution is 0.0973. The van der Waals surface area contributed by atoms with Gasteiger partial charge in [0.15, 0.2) is 5.78 Å². The number of carbonyl (C=O) groups excluding carboxylic acids is 1. The van der Waals surface area contributed by atoms with Gasteiger partial charge in [0.1, 0.15) is 5.69 Å². The van der Waals surface area contributed by atoms with E-state index >= 15 is 0 Å². The number of hydrogen-bond acceptors (Lipinski definition) is 2. The van der Waals surface area contributed by atoms with Crippen molar-refractivity contribution in [2.45, 2.75) is 25.7 Å².